The van der Waals surface area contributed by atoms with Crippen molar-refractivity contribution in [3.8, 4) is 0 Å². The maximum atomic E-state index is 11.7. The van der Waals surface area contributed by atoms with Crippen LogP contribution in [0, 0.1) is 12.8 Å². The average molecular weight is 384 g/mol. The number of rotatable bonds is 2. The van der Waals surface area contributed by atoms with Crippen molar-refractivity contribution in [2.45, 2.75) is 25.3 Å². The Morgan fingerprint density at radius 2 is 2.12 bits per heavy atom. The number of carbonyl (C=O) groups is 1. The summed E-state index contributed by atoms with van der Waals surface area (Å²) in [7, 11) is 0. The van der Waals surface area contributed by atoms with Gasteiger partial charge in [0.05, 0.1) is 11.6 Å². The van der Waals surface area contributed by atoms with Gasteiger partial charge in [0.1, 0.15) is 0 Å². The van der Waals surface area contributed by atoms with Gasteiger partial charge in [-0.05, 0) is 54.2 Å². The van der Waals surface area contributed by atoms with Crippen LogP contribution in [0.5, 0.6) is 0 Å². The fourth-order valence-corrected chi connectivity index (χ4v) is 4.49. The van der Waals surface area contributed by atoms with Crippen LogP contribution in [0.3, 0.4) is 0 Å². The first kappa shape index (κ1) is 15.5. The summed E-state index contributed by atoms with van der Waals surface area (Å²) in [5.74, 6) is -0.365. The first-order valence-corrected chi connectivity index (χ1v) is 8.91. The zero-order valence-electron chi connectivity index (χ0n) is 13.3. The van der Waals surface area contributed by atoms with E-state index in [0.29, 0.717) is 11.5 Å². The Morgan fingerprint density at radius 1 is 1.29 bits per heavy atom. The Kier molecular flexibility index (Phi) is 3.72. The second-order valence-electron chi connectivity index (χ2n) is 6.55. The molecule has 0 aromatic heterocycles. The molecule has 3 atom stereocenters. The lowest BCUT2D eigenvalue weighted by molar-refractivity contribution is 0.0695. The molecule has 3 unspecified atom stereocenters. The minimum atomic E-state index is -0.854. The Labute approximate surface area is 149 Å². The van der Waals surface area contributed by atoms with Crippen LogP contribution in [0.15, 0.2) is 53.0 Å². The van der Waals surface area contributed by atoms with E-state index in [9.17, 15) is 9.90 Å². The number of hydrogen-bond acceptors (Lipinski definition) is 2. The Morgan fingerprint density at radius 3 is 2.88 bits per heavy atom. The number of carboxylic acids is 1. The van der Waals surface area contributed by atoms with Gasteiger partial charge in [0.15, 0.2) is 0 Å². The standard InChI is InChI=1S/C20H18BrNO2/c1-11-8-9-16(20(23)24)17-14-6-3-7-15(14)19(22-18(11)17)12-4-2-5-13(21)10-12/h2-6,8-10,14-15,19,22H,7H2,1H3,(H,23,24). The van der Waals surface area contributed by atoms with Crippen LogP contribution in [0.25, 0.3) is 0 Å². The summed E-state index contributed by atoms with van der Waals surface area (Å²) in [6.45, 7) is 2.04. The van der Waals surface area contributed by atoms with E-state index in [1.165, 1.54) is 5.56 Å². The van der Waals surface area contributed by atoms with Gasteiger partial charge in [0.2, 0.25) is 0 Å². The van der Waals surface area contributed by atoms with Crippen LogP contribution in [0.2, 0.25) is 0 Å². The molecular formula is C20H18BrNO2. The first-order valence-electron chi connectivity index (χ1n) is 8.11. The van der Waals surface area contributed by atoms with E-state index in [-0.39, 0.29) is 12.0 Å². The van der Waals surface area contributed by atoms with Gasteiger partial charge in [-0.1, -0.05) is 46.3 Å². The lowest BCUT2D eigenvalue weighted by atomic mass is 9.75. The van der Waals surface area contributed by atoms with Crippen molar-refractivity contribution in [1.82, 2.24) is 0 Å². The largest absolute Gasteiger partial charge is 0.478 e. The highest BCUT2D eigenvalue weighted by atomic mass is 79.9. The van der Waals surface area contributed by atoms with Crippen molar-refractivity contribution in [3.05, 3.63) is 75.3 Å². The van der Waals surface area contributed by atoms with Crippen LogP contribution >= 0.6 is 15.9 Å². The first-order chi connectivity index (χ1) is 11.6. The number of aromatic carboxylic acids is 1. The van der Waals surface area contributed by atoms with Crippen LogP contribution in [0.4, 0.5) is 5.69 Å². The molecule has 1 aliphatic carbocycles. The Balaban J connectivity index is 1.88. The second kappa shape index (κ2) is 5.78. The molecule has 0 saturated carbocycles. The average Bonchev–Trinajstić information content (AvgIpc) is 3.04. The molecule has 0 saturated heterocycles. The van der Waals surface area contributed by atoms with Crippen molar-refractivity contribution < 1.29 is 9.90 Å². The van der Waals surface area contributed by atoms with Gasteiger partial charge in [0.25, 0.3) is 0 Å². The minimum Gasteiger partial charge on any atom is -0.478 e. The predicted octanol–water partition coefficient (Wildman–Crippen LogP) is 5.28. The molecule has 3 nitrogen and oxygen atoms in total. The summed E-state index contributed by atoms with van der Waals surface area (Å²) in [6.07, 6.45) is 5.33. The maximum absolute atomic E-state index is 11.7. The van der Waals surface area contributed by atoms with Crippen molar-refractivity contribution >= 4 is 27.6 Å². The van der Waals surface area contributed by atoms with E-state index in [1.807, 2.05) is 19.1 Å². The fourth-order valence-electron chi connectivity index (χ4n) is 4.07. The molecule has 122 valence electrons. The highest BCUT2D eigenvalue weighted by Crippen LogP contribution is 2.51. The number of anilines is 1. The quantitative estimate of drug-likeness (QED) is 0.693. The fraction of sp³-hybridized carbons (Fsp3) is 0.250. The lowest BCUT2D eigenvalue weighted by Crippen LogP contribution is -2.31. The molecule has 0 bridgehead atoms. The normalized spacial score (nSPS) is 24.2. The highest BCUT2D eigenvalue weighted by molar-refractivity contribution is 9.10. The summed E-state index contributed by atoms with van der Waals surface area (Å²) in [5.41, 5.74) is 4.65. The van der Waals surface area contributed by atoms with E-state index < -0.39 is 5.97 Å². The molecular weight excluding hydrogens is 366 g/mol. The number of aryl methyl sites for hydroxylation is 1. The molecule has 24 heavy (non-hydrogen) atoms. The molecule has 2 aliphatic rings. The molecule has 1 aliphatic heterocycles. The monoisotopic (exact) mass is 383 g/mol. The van der Waals surface area contributed by atoms with Gasteiger partial charge in [0, 0.05) is 16.1 Å². The Bertz CT molecular complexity index is 859. The zero-order valence-corrected chi connectivity index (χ0v) is 14.9. The van der Waals surface area contributed by atoms with E-state index in [0.717, 1.165) is 27.7 Å². The molecule has 4 rings (SSSR count). The van der Waals surface area contributed by atoms with E-state index in [2.05, 4.69) is 51.6 Å². The second-order valence-corrected chi connectivity index (χ2v) is 7.47. The zero-order chi connectivity index (χ0) is 16.8. The molecule has 4 heteroatoms. The van der Waals surface area contributed by atoms with E-state index in [1.54, 1.807) is 6.07 Å². The molecule has 2 aromatic rings. The van der Waals surface area contributed by atoms with E-state index in [4.69, 9.17) is 0 Å². The van der Waals surface area contributed by atoms with Crippen molar-refractivity contribution in [2.24, 2.45) is 5.92 Å². The third-order valence-corrected chi connectivity index (χ3v) is 5.66. The number of carboxylic acid groups (broad SMARTS) is 1. The third kappa shape index (κ3) is 2.37. The predicted molar refractivity (Wildman–Crippen MR) is 98.6 cm³/mol. The molecule has 0 fully saturated rings. The van der Waals surface area contributed by atoms with Crippen molar-refractivity contribution in [3.63, 3.8) is 0 Å². The molecule has 0 radical (unpaired) electrons. The van der Waals surface area contributed by atoms with Gasteiger partial charge < -0.3 is 10.4 Å². The van der Waals surface area contributed by atoms with Gasteiger partial charge in [-0.25, -0.2) is 4.79 Å². The SMILES string of the molecule is Cc1ccc(C(=O)O)c2c1NC(c1cccc(Br)c1)C1CC=CC21. The van der Waals surface area contributed by atoms with Crippen LogP contribution in [0.1, 0.15) is 45.4 Å². The van der Waals surface area contributed by atoms with Crippen molar-refractivity contribution in [2.75, 3.05) is 5.32 Å². The van der Waals surface area contributed by atoms with Crippen LogP contribution < -0.4 is 5.32 Å². The molecule has 2 N–H and O–H groups in total. The smallest absolute Gasteiger partial charge is 0.336 e. The number of allylic oxidation sites excluding steroid dienone is 2. The van der Waals surface area contributed by atoms with Gasteiger partial charge in [-0.2, -0.15) is 0 Å². The van der Waals surface area contributed by atoms with Crippen LogP contribution in [-0.2, 0) is 0 Å². The topological polar surface area (TPSA) is 49.3 Å². The number of nitrogens with one attached hydrogen (secondary N) is 1. The minimum absolute atomic E-state index is 0.149. The summed E-state index contributed by atoms with van der Waals surface area (Å²) in [4.78, 5) is 11.7. The lowest BCUT2D eigenvalue weighted by Gasteiger charge is -2.39. The Hall–Kier alpha value is -2.07. The number of halogens is 1. The summed E-state index contributed by atoms with van der Waals surface area (Å²) >= 11 is 3.56. The number of hydrogen-bond donors (Lipinski definition) is 2. The van der Waals surface area contributed by atoms with Crippen molar-refractivity contribution in [1.29, 1.82) is 0 Å². The van der Waals surface area contributed by atoms with Gasteiger partial charge in [-0.15, -0.1) is 0 Å². The third-order valence-electron chi connectivity index (χ3n) is 5.17. The van der Waals surface area contributed by atoms with Gasteiger partial charge >= 0.3 is 5.97 Å². The molecule has 2 aromatic carbocycles. The summed E-state index contributed by atoms with van der Waals surface area (Å²) in [5, 5.41) is 13.3. The molecule has 0 amide bonds. The summed E-state index contributed by atoms with van der Waals surface area (Å²) in [6, 6.07) is 12.2. The maximum Gasteiger partial charge on any atom is 0.336 e. The highest BCUT2D eigenvalue weighted by Gasteiger charge is 2.40. The van der Waals surface area contributed by atoms with Gasteiger partial charge in [-0.3, -0.25) is 0 Å². The number of fused-ring (bicyclic) bond motifs is 3. The molecule has 0 spiro atoms. The molecule has 1 heterocycles. The van der Waals surface area contributed by atoms with Crippen LogP contribution in [-0.4, -0.2) is 11.1 Å². The van der Waals surface area contributed by atoms with E-state index >= 15 is 0 Å². The summed E-state index contributed by atoms with van der Waals surface area (Å²) < 4.78 is 1.06. The number of benzene rings is 2.